The van der Waals surface area contributed by atoms with E-state index in [4.69, 9.17) is 28.9 Å². The zero-order valence-corrected chi connectivity index (χ0v) is 6.45. The van der Waals surface area contributed by atoms with E-state index in [0.717, 1.165) is 0 Å². The summed E-state index contributed by atoms with van der Waals surface area (Å²) in [6, 6.07) is 0. The molecule has 0 amide bonds. The Hall–Kier alpha value is -0.0400. The Morgan fingerprint density at radius 1 is 1.38 bits per heavy atom. The molecule has 13 heavy (non-hydrogen) atoms. The second-order valence-corrected chi connectivity index (χ2v) is 3.09. The minimum absolute atomic E-state index is 0.976. The summed E-state index contributed by atoms with van der Waals surface area (Å²) in [6.45, 7) is -8.48. The lowest BCUT2D eigenvalue weighted by Gasteiger charge is -2.61. The molecule has 0 saturated heterocycles. The topological polar surface area (TPSA) is 26.0 Å². The van der Waals surface area contributed by atoms with Crippen molar-refractivity contribution in [1.29, 1.82) is 0 Å². The standard InChI is InChI=1S/C12H21N/c1-7-9-3-10-5-12(13,4-9)6-11(7)8(10)2/h7-11H,3-6,13H2,1-2H3/i1D3,2D3,3D2,4D2,5D2,6D2,7D,8D,9D,10D,11D/hD2. The van der Waals surface area contributed by atoms with Crippen LogP contribution in [0.5, 0.6) is 0 Å². The van der Waals surface area contributed by atoms with Crippen molar-refractivity contribution in [3.05, 3.63) is 0 Å². The summed E-state index contributed by atoms with van der Waals surface area (Å²) in [4.78, 5) is 0. The van der Waals surface area contributed by atoms with Gasteiger partial charge in [0.25, 0.3) is 0 Å². The van der Waals surface area contributed by atoms with Crippen molar-refractivity contribution in [3.8, 4) is 0 Å². The molecule has 4 bridgehead atoms. The fourth-order valence-electron chi connectivity index (χ4n) is 1.57. The molecule has 4 aliphatic carbocycles. The largest absolute Gasteiger partial charge is 0.325 e. The molecule has 0 aromatic heterocycles. The number of nitrogens with two attached hydrogens (primary N) is 1. The maximum absolute atomic E-state index is 8.93. The van der Waals surface area contributed by atoms with Crippen molar-refractivity contribution in [2.24, 2.45) is 35.2 Å². The van der Waals surface area contributed by atoms with Crippen LogP contribution in [0.4, 0.5) is 0 Å². The van der Waals surface area contributed by atoms with Gasteiger partial charge >= 0.3 is 0 Å². The highest BCUT2D eigenvalue weighted by Gasteiger charge is 2.55. The van der Waals surface area contributed by atoms with Gasteiger partial charge < -0.3 is 5.72 Å². The maximum atomic E-state index is 8.93. The third-order valence-corrected chi connectivity index (χ3v) is 2.17. The van der Waals surface area contributed by atoms with Crippen LogP contribution in [0.15, 0.2) is 0 Å². The molecule has 0 radical (unpaired) electrons. The van der Waals surface area contributed by atoms with Gasteiger partial charge in [0.2, 0.25) is 0 Å². The number of hydrogen-bond acceptors (Lipinski definition) is 1. The van der Waals surface area contributed by atoms with E-state index < -0.39 is 79.9 Å². The minimum atomic E-state index is -4.48. The smallest absolute Gasteiger partial charge is 0.119 e. The fourth-order valence-corrected chi connectivity index (χ4v) is 1.57. The van der Waals surface area contributed by atoms with Crippen molar-refractivity contribution in [2.75, 3.05) is 0 Å². The molecule has 1 heteroatoms. The number of hydrogen-bond donors (Lipinski definition) is 1. The van der Waals surface area contributed by atoms with Crippen molar-refractivity contribution in [3.63, 3.8) is 0 Å². The first-order valence-electron chi connectivity index (χ1n) is 14.1. The first-order valence-corrected chi connectivity index (χ1v) is 3.72. The third kappa shape index (κ3) is 0.971. The van der Waals surface area contributed by atoms with Gasteiger partial charge in [0, 0.05) is 31.6 Å². The molecule has 0 heterocycles. The first kappa shape index (κ1) is 1.43. The first-order chi connectivity index (χ1) is 14.4. The summed E-state index contributed by atoms with van der Waals surface area (Å²) >= 11 is 0. The monoisotopic (exact) mass is 200 g/mol. The average molecular weight is 200 g/mol. The van der Waals surface area contributed by atoms with Crippen molar-refractivity contribution in [1.82, 2.24) is 0 Å². The van der Waals surface area contributed by atoms with Crippen LogP contribution in [-0.4, -0.2) is 5.54 Å². The zero-order chi connectivity index (χ0) is 27.6. The van der Waals surface area contributed by atoms with Crippen LogP contribution in [0, 0.1) is 29.5 Å². The highest BCUT2D eigenvalue weighted by Crippen LogP contribution is 2.59. The predicted molar refractivity (Wildman–Crippen MR) is 54.2 cm³/mol. The van der Waals surface area contributed by atoms with E-state index in [9.17, 15) is 0 Å². The normalized spacial score (nSPS) is 134. The zero-order valence-electron chi connectivity index (χ0n) is 27.4. The predicted octanol–water partition coefficient (Wildman–Crippen LogP) is 2.41. The Morgan fingerprint density at radius 3 is 2.62 bits per heavy atom. The molecule has 74 valence electrons. The van der Waals surface area contributed by atoms with E-state index in [1.165, 1.54) is 0 Å². The van der Waals surface area contributed by atoms with Gasteiger partial charge in [-0.25, -0.2) is 0 Å². The SMILES string of the molecule is [2H]N([2H])C12C([2H])([2H])C3([2H])C([2H])([2H])C([2H])(C1([2H])[2H])C([2H])(C([2H])([2H])[2H])C([2H])(C2([2H])[2H])C3([2H])C([2H])([2H])[2H]. The Labute approximate surface area is 111 Å². The summed E-state index contributed by atoms with van der Waals surface area (Å²) in [5.74, 6) is -22.1. The summed E-state index contributed by atoms with van der Waals surface area (Å²) in [6.07, 6.45) is -17.4. The van der Waals surface area contributed by atoms with Gasteiger partial charge in [-0.05, 0) is 55.0 Å². The van der Waals surface area contributed by atoms with Crippen LogP contribution in [0.3, 0.4) is 0 Å². The van der Waals surface area contributed by atoms with E-state index in [0.29, 0.717) is 0 Å². The molecule has 2 N–H and O–H groups in total. The van der Waals surface area contributed by atoms with Gasteiger partial charge in [-0.15, -0.1) is 0 Å². The molecule has 1 nitrogen and oxygen atoms in total. The van der Waals surface area contributed by atoms with Crippen LogP contribution in [0.1, 0.15) is 65.2 Å². The van der Waals surface area contributed by atoms with Gasteiger partial charge in [0.1, 0.15) is 2.82 Å². The summed E-state index contributed by atoms with van der Waals surface area (Å²) in [7, 11) is 0. The van der Waals surface area contributed by atoms with Crippen molar-refractivity contribution >= 4 is 0 Å². The third-order valence-electron chi connectivity index (χ3n) is 2.17. The molecule has 4 saturated carbocycles. The quantitative estimate of drug-likeness (QED) is 0.691. The molecule has 0 aromatic rings. The van der Waals surface area contributed by atoms with Gasteiger partial charge in [0.05, 0.1) is 0 Å². The minimum Gasteiger partial charge on any atom is -0.325 e. The van der Waals surface area contributed by atoms with Gasteiger partial charge in [0.15, 0.2) is 0 Å². The van der Waals surface area contributed by atoms with E-state index in [1.54, 1.807) is 0 Å². The Morgan fingerprint density at radius 2 is 2.08 bits per heavy atom. The Kier molecular flexibility index (Phi) is 0.254. The molecule has 0 spiro atoms. The summed E-state index contributed by atoms with van der Waals surface area (Å²) < 4.78 is 175. The van der Waals surface area contributed by atoms with Gasteiger partial charge in [-0.2, -0.15) is 0 Å². The fraction of sp³-hybridized carbons (Fsp3) is 1.00. The summed E-state index contributed by atoms with van der Waals surface area (Å²) in [5, 5.41) is 0. The van der Waals surface area contributed by atoms with E-state index >= 15 is 0 Å². The van der Waals surface area contributed by atoms with E-state index in [2.05, 4.69) is 0 Å². The second kappa shape index (κ2) is 2.31. The van der Waals surface area contributed by atoms with Crippen LogP contribution in [0.25, 0.3) is 0 Å². The Balaban J connectivity index is 2.90. The lowest BCUT2D eigenvalue weighted by atomic mass is 9.46. The van der Waals surface area contributed by atoms with Gasteiger partial charge in [-0.3, -0.25) is 0 Å². The van der Waals surface area contributed by atoms with E-state index in [-0.39, 0.29) is 0 Å². The van der Waals surface area contributed by atoms with Crippen molar-refractivity contribution in [2.45, 2.75) is 44.7 Å². The number of rotatable bonds is 1. The maximum Gasteiger partial charge on any atom is 0.119 e. The van der Waals surface area contributed by atoms with Crippen LogP contribution < -0.4 is 5.72 Å². The molecule has 0 aromatic carbocycles. The van der Waals surface area contributed by atoms with Crippen LogP contribution in [0.2, 0.25) is 2.82 Å². The lowest BCUT2D eigenvalue weighted by molar-refractivity contribution is -0.0841. The van der Waals surface area contributed by atoms with Gasteiger partial charge in [-0.1, -0.05) is 13.7 Å². The van der Waals surface area contributed by atoms with E-state index in [1.807, 2.05) is 0 Å². The van der Waals surface area contributed by atoms with Crippen LogP contribution >= 0.6 is 0 Å². The molecule has 4 atom stereocenters. The van der Waals surface area contributed by atoms with Crippen molar-refractivity contribution < 1.29 is 28.9 Å². The van der Waals surface area contributed by atoms with Crippen LogP contribution in [-0.2, 0) is 0 Å². The Bertz CT molecular complexity index is 875. The lowest BCUT2D eigenvalue weighted by Crippen LogP contribution is -2.61. The molecule has 4 unspecified atom stereocenters. The molecule has 4 aliphatic rings. The average Bonchev–Trinajstić information content (AvgIpc) is 2.58. The molecule has 4 rings (SSSR count). The molecular formula is C12H21N. The summed E-state index contributed by atoms with van der Waals surface area (Å²) in [5.41, 5.74) is -5.17. The highest BCUT2D eigenvalue weighted by molar-refractivity contribution is 5.08. The molecular weight excluding hydrogens is 158 g/mol. The highest BCUT2D eigenvalue weighted by atomic mass is 14.8. The molecule has 0 aliphatic heterocycles. The second-order valence-electron chi connectivity index (χ2n) is 3.09. The molecule has 4 fully saturated rings.